The van der Waals surface area contributed by atoms with E-state index < -0.39 is 0 Å². The van der Waals surface area contributed by atoms with Crippen LogP contribution >= 0.6 is 0 Å². The maximum Gasteiger partial charge on any atom is 0.276 e. The van der Waals surface area contributed by atoms with Gasteiger partial charge in [-0.1, -0.05) is 29.8 Å². The molecule has 0 bridgehead atoms. The van der Waals surface area contributed by atoms with Crippen molar-refractivity contribution in [1.29, 1.82) is 0 Å². The molecule has 3 heterocycles. The molecule has 0 aliphatic carbocycles. The van der Waals surface area contributed by atoms with Gasteiger partial charge in [0.2, 0.25) is 0 Å². The van der Waals surface area contributed by atoms with Crippen LogP contribution in [-0.4, -0.2) is 39.1 Å². The van der Waals surface area contributed by atoms with Gasteiger partial charge in [-0.05, 0) is 32.3 Å². The summed E-state index contributed by atoms with van der Waals surface area (Å²) >= 11 is 0. The number of carbonyl (C=O) groups excluding carboxylic acids is 1. The first-order valence-electron chi connectivity index (χ1n) is 9.36. The van der Waals surface area contributed by atoms with Gasteiger partial charge in [-0.25, -0.2) is 4.98 Å². The number of hydrogen-bond donors (Lipinski definition) is 1. The van der Waals surface area contributed by atoms with E-state index in [4.69, 9.17) is 4.42 Å². The van der Waals surface area contributed by atoms with Crippen LogP contribution in [0.15, 0.2) is 34.9 Å². The van der Waals surface area contributed by atoms with Gasteiger partial charge in [-0.15, -0.1) is 0 Å². The van der Waals surface area contributed by atoms with Crippen LogP contribution in [0.2, 0.25) is 0 Å². The third kappa shape index (κ3) is 3.39. The zero-order valence-electron chi connectivity index (χ0n) is 16.0. The molecule has 1 fully saturated rings. The van der Waals surface area contributed by atoms with E-state index in [9.17, 15) is 4.79 Å². The topological polar surface area (TPSA) is 75.0 Å². The molecule has 6 nitrogen and oxygen atoms in total. The Morgan fingerprint density at radius 1 is 1.22 bits per heavy atom. The predicted octanol–water partition coefficient (Wildman–Crippen LogP) is 4.01. The van der Waals surface area contributed by atoms with E-state index in [-0.39, 0.29) is 11.8 Å². The van der Waals surface area contributed by atoms with E-state index in [0.717, 1.165) is 36.2 Å². The molecule has 140 valence electrons. The summed E-state index contributed by atoms with van der Waals surface area (Å²) in [6, 6.07) is 8.46. The summed E-state index contributed by atoms with van der Waals surface area (Å²) < 4.78 is 5.44. The molecule has 0 saturated carbocycles. The molecule has 1 N–H and O–H groups in total. The van der Waals surface area contributed by atoms with Crippen LogP contribution in [0.3, 0.4) is 0 Å². The van der Waals surface area contributed by atoms with Gasteiger partial charge in [-0.2, -0.15) is 5.10 Å². The SMILES string of the molecule is Cc1ccc(-c2cn[nH]c2C2CCCN(C(=O)c3nc(C)oc3C)C2)cc1. The van der Waals surface area contributed by atoms with Crippen molar-refractivity contribution in [2.75, 3.05) is 13.1 Å². The van der Waals surface area contributed by atoms with Crippen molar-refractivity contribution in [1.82, 2.24) is 20.1 Å². The first-order chi connectivity index (χ1) is 13.0. The number of likely N-dealkylation sites (tertiary alicyclic amines) is 1. The van der Waals surface area contributed by atoms with E-state index in [1.165, 1.54) is 5.56 Å². The van der Waals surface area contributed by atoms with Gasteiger partial charge in [0.05, 0.1) is 6.20 Å². The smallest absolute Gasteiger partial charge is 0.276 e. The Bertz CT molecular complexity index is 955. The number of aromatic amines is 1. The van der Waals surface area contributed by atoms with Crippen molar-refractivity contribution >= 4 is 5.91 Å². The minimum atomic E-state index is -0.0505. The van der Waals surface area contributed by atoms with Crippen LogP contribution in [-0.2, 0) is 0 Å². The summed E-state index contributed by atoms with van der Waals surface area (Å²) in [4.78, 5) is 19.1. The Morgan fingerprint density at radius 3 is 2.70 bits per heavy atom. The number of oxazole rings is 1. The summed E-state index contributed by atoms with van der Waals surface area (Å²) in [5, 5.41) is 7.47. The predicted molar refractivity (Wildman–Crippen MR) is 103 cm³/mol. The Morgan fingerprint density at radius 2 is 2.00 bits per heavy atom. The van der Waals surface area contributed by atoms with Crippen molar-refractivity contribution in [3.05, 3.63) is 59.1 Å². The van der Waals surface area contributed by atoms with Crippen LogP contribution in [0.1, 0.15) is 52.2 Å². The lowest BCUT2D eigenvalue weighted by Gasteiger charge is -2.32. The van der Waals surface area contributed by atoms with Crippen LogP contribution in [0.4, 0.5) is 0 Å². The quantitative estimate of drug-likeness (QED) is 0.762. The molecule has 3 aromatic rings. The number of nitrogens with one attached hydrogen (secondary N) is 1. The van der Waals surface area contributed by atoms with Gasteiger partial charge in [0, 0.05) is 37.2 Å². The van der Waals surface area contributed by atoms with Crippen LogP contribution < -0.4 is 0 Å². The second-order valence-electron chi connectivity index (χ2n) is 7.29. The number of piperidine rings is 1. The Kier molecular flexibility index (Phi) is 4.56. The third-order valence-corrected chi connectivity index (χ3v) is 5.25. The molecule has 0 radical (unpaired) electrons. The molecule has 1 amide bonds. The maximum atomic E-state index is 12.9. The second kappa shape index (κ2) is 7.02. The third-order valence-electron chi connectivity index (χ3n) is 5.25. The Hall–Kier alpha value is -2.89. The van der Waals surface area contributed by atoms with Crippen molar-refractivity contribution in [3.63, 3.8) is 0 Å². The molecule has 0 spiro atoms. The number of amides is 1. The molecule has 1 unspecified atom stereocenters. The second-order valence-corrected chi connectivity index (χ2v) is 7.29. The molecule has 1 saturated heterocycles. The average molecular weight is 364 g/mol. The molecule has 6 heteroatoms. The Labute approximate surface area is 158 Å². The largest absolute Gasteiger partial charge is 0.445 e. The molecule has 1 aliphatic rings. The van der Waals surface area contributed by atoms with Crippen molar-refractivity contribution in [3.8, 4) is 11.1 Å². The minimum Gasteiger partial charge on any atom is -0.445 e. The highest BCUT2D eigenvalue weighted by Gasteiger charge is 2.30. The van der Waals surface area contributed by atoms with E-state index in [1.807, 2.05) is 11.1 Å². The lowest BCUT2D eigenvalue weighted by Crippen LogP contribution is -2.39. The zero-order chi connectivity index (χ0) is 19.0. The minimum absolute atomic E-state index is 0.0505. The first kappa shape index (κ1) is 17.5. The molecule has 27 heavy (non-hydrogen) atoms. The highest BCUT2D eigenvalue weighted by molar-refractivity contribution is 5.93. The summed E-state index contributed by atoms with van der Waals surface area (Å²) in [5.41, 5.74) is 5.02. The number of aromatic nitrogens is 3. The summed E-state index contributed by atoms with van der Waals surface area (Å²) in [7, 11) is 0. The molecule has 1 aromatic carbocycles. The fraction of sp³-hybridized carbons (Fsp3) is 0.381. The van der Waals surface area contributed by atoms with Crippen molar-refractivity contribution in [2.45, 2.75) is 39.5 Å². The van der Waals surface area contributed by atoms with Crippen LogP contribution in [0.5, 0.6) is 0 Å². The van der Waals surface area contributed by atoms with Crippen LogP contribution in [0, 0.1) is 20.8 Å². The molecule has 2 aromatic heterocycles. The van der Waals surface area contributed by atoms with Crippen molar-refractivity contribution in [2.24, 2.45) is 0 Å². The zero-order valence-corrected chi connectivity index (χ0v) is 16.0. The van der Waals surface area contributed by atoms with Gasteiger partial charge in [-0.3, -0.25) is 9.89 Å². The maximum absolute atomic E-state index is 12.9. The number of hydrogen-bond acceptors (Lipinski definition) is 4. The highest BCUT2D eigenvalue weighted by atomic mass is 16.4. The van der Waals surface area contributed by atoms with Crippen molar-refractivity contribution < 1.29 is 9.21 Å². The van der Waals surface area contributed by atoms with E-state index >= 15 is 0 Å². The molecule has 4 rings (SSSR count). The normalized spacial score (nSPS) is 17.3. The lowest BCUT2D eigenvalue weighted by molar-refractivity contribution is 0.0699. The first-order valence-corrected chi connectivity index (χ1v) is 9.36. The van der Waals surface area contributed by atoms with Gasteiger partial charge in [0.25, 0.3) is 5.91 Å². The van der Waals surface area contributed by atoms with Gasteiger partial charge in [0.1, 0.15) is 5.76 Å². The lowest BCUT2D eigenvalue weighted by atomic mass is 9.90. The van der Waals surface area contributed by atoms with E-state index in [1.54, 1.807) is 13.8 Å². The fourth-order valence-corrected chi connectivity index (χ4v) is 3.84. The number of rotatable bonds is 3. The average Bonchev–Trinajstić information content (AvgIpc) is 3.28. The molecule has 1 atom stereocenters. The van der Waals surface area contributed by atoms with E-state index in [0.29, 0.717) is 23.9 Å². The van der Waals surface area contributed by atoms with Gasteiger partial charge >= 0.3 is 0 Å². The standard InChI is InChI=1S/C21H24N4O2/c1-13-6-8-16(9-7-13)18-11-22-24-20(18)17-5-4-10-25(12-17)21(26)19-14(2)27-15(3)23-19/h6-9,11,17H,4-5,10,12H2,1-3H3,(H,22,24). The monoisotopic (exact) mass is 364 g/mol. The van der Waals surface area contributed by atoms with Gasteiger partial charge < -0.3 is 9.32 Å². The Balaban J connectivity index is 1.57. The number of carbonyl (C=O) groups is 1. The molecule has 1 aliphatic heterocycles. The molecular formula is C21H24N4O2. The summed E-state index contributed by atoms with van der Waals surface area (Å²) in [5.74, 6) is 1.29. The number of nitrogens with zero attached hydrogens (tertiary/aromatic N) is 3. The highest BCUT2D eigenvalue weighted by Crippen LogP contribution is 2.33. The summed E-state index contributed by atoms with van der Waals surface area (Å²) in [6.45, 7) is 7.04. The van der Waals surface area contributed by atoms with Crippen LogP contribution in [0.25, 0.3) is 11.1 Å². The fourth-order valence-electron chi connectivity index (χ4n) is 3.84. The number of benzene rings is 1. The van der Waals surface area contributed by atoms with E-state index in [2.05, 4.69) is 46.4 Å². The number of H-pyrrole nitrogens is 1. The number of aryl methyl sites for hydroxylation is 3. The molecular weight excluding hydrogens is 340 g/mol. The summed E-state index contributed by atoms with van der Waals surface area (Å²) in [6.07, 6.45) is 3.87. The van der Waals surface area contributed by atoms with Gasteiger partial charge in [0.15, 0.2) is 11.6 Å².